The third-order valence-corrected chi connectivity index (χ3v) is 4.70. The topological polar surface area (TPSA) is 40.5 Å². The number of hydrogen-bond donors (Lipinski definition) is 1. The van der Waals surface area contributed by atoms with Gasteiger partial charge < -0.3 is 10.0 Å². The van der Waals surface area contributed by atoms with E-state index < -0.39 is 5.97 Å². The van der Waals surface area contributed by atoms with E-state index in [9.17, 15) is 4.79 Å². The number of benzene rings is 2. The molecule has 2 aromatic carbocycles. The lowest BCUT2D eigenvalue weighted by molar-refractivity contribution is 0.0697. The van der Waals surface area contributed by atoms with Gasteiger partial charge in [0.05, 0.1) is 5.56 Å². The maximum absolute atomic E-state index is 11.1. The van der Waals surface area contributed by atoms with Gasteiger partial charge in [-0.3, -0.25) is 0 Å². The summed E-state index contributed by atoms with van der Waals surface area (Å²) in [6.07, 6.45) is 0. The third-order valence-electron chi connectivity index (χ3n) is 4.70. The van der Waals surface area contributed by atoms with Crippen LogP contribution in [-0.4, -0.2) is 17.6 Å². The zero-order valence-corrected chi connectivity index (χ0v) is 17.1. The van der Waals surface area contributed by atoms with Gasteiger partial charge in [-0.2, -0.15) is 0 Å². The molecule has 0 radical (unpaired) electrons. The number of carbonyl (C=O) groups is 1. The van der Waals surface area contributed by atoms with Crippen molar-refractivity contribution >= 4 is 17.3 Å². The molecule has 140 valence electrons. The second-order valence-corrected chi connectivity index (χ2v) is 8.86. The van der Waals surface area contributed by atoms with Gasteiger partial charge in [-0.05, 0) is 65.3 Å². The molecule has 0 saturated heterocycles. The molecule has 0 bridgehead atoms. The van der Waals surface area contributed by atoms with Crippen LogP contribution in [0.4, 0.5) is 11.4 Å². The Morgan fingerprint density at radius 1 is 0.846 bits per heavy atom. The second kappa shape index (κ2) is 7.14. The average molecular weight is 354 g/mol. The summed E-state index contributed by atoms with van der Waals surface area (Å²) in [6.45, 7) is 16.3. The molecule has 0 spiro atoms. The fourth-order valence-corrected chi connectivity index (χ4v) is 2.93. The maximum atomic E-state index is 11.1. The summed E-state index contributed by atoms with van der Waals surface area (Å²) in [5.41, 5.74) is 5.19. The quantitative estimate of drug-likeness (QED) is 0.718. The van der Waals surface area contributed by atoms with Crippen molar-refractivity contribution in [3.05, 3.63) is 59.2 Å². The van der Waals surface area contributed by atoms with Crippen molar-refractivity contribution < 1.29 is 9.90 Å². The van der Waals surface area contributed by atoms with Gasteiger partial charge in [0, 0.05) is 17.9 Å². The third kappa shape index (κ3) is 4.46. The minimum atomic E-state index is -0.899. The van der Waals surface area contributed by atoms with Gasteiger partial charge in [0.2, 0.25) is 0 Å². The molecule has 0 fully saturated rings. The van der Waals surface area contributed by atoms with Crippen molar-refractivity contribution in [1.82, 2.24) is 0 Å². The standard InChI is InChI=1S/C23H31NO2/c1-8-24(19-11-9-16(10-12-19)21(25)26)20-14-17(22(2,3)4)13-18(15-20)23(5,6)7/h9-15H,8H2,1-7H3,(H,25,26). The molecule has 3 nitrogen and oxygen atoms in total. The molecule has 0 aliphatic carbocycles. The molecule has 1 N–H and O–H groups in total. The van der Waals surface area contributed by atoms with Crippen molar-refractivity contribution in [2.75, 3.05) is 11.4 Å². The first kappa shape index (κ1) is 20.0. The van der Waals surface area contributed by atoms with Crippen LogP contribution < -0.4 is 4.90 Å². The van der Waals surface area contributed by atoms with Gasteiger partial charge in [-0.15, -0.1) is 0 Å². The van der Waals surface area contributed by atoms with Crippen LogP contribution in [-0.2, 0) is 10.8 Å². The lowest BCUT2D eigenvalue weighted by atomic mass is 9.80. The van der Waals surface area contributed by atoms with Crippen molar-refractivity contribution in [3.63, 3.8) is 0 Å². The molecule has 0 aliphatic rings. The minimum absolute atomic E-state index is 0.0581. The van der Waals surface area contributed by atoms with E-state index >= 15 is 0 Å². The van der Waals surface area contributed by atoms with Crippen LogP contribution in [0.2, 0.25) is 0 Å². The fourth-order valence-electron chi connectivity index (χ4n) is 2.93. The molecule has 0 aliphatic heterocycles. The van der Waals surface area contributed by atoms with Gasteiger partial charge in [-0.25, -0.2) is 4.79 Å². The predicted molar refractivity (Wildman–Crippen MR) is 110 cm³/mol. The van der Waals surface area contributed by atoms with E-state index in [4.69, 9.17) is 5.11 Å². The van der Waals surface area contributed by atoms with E-state index in [0.29, 0.717) is 5.56 Å². The van der Waals surface area contributed by atoms with Crippen molar-refractivity contribution in [3.8, 4) is 0 Å². The monoisotopic (exact) mass is 353 g/mol. The Labute approximate surface area is 157 Å². The fraction of sp³-hybridized carbons (Fsp3) is 0.435. The first-order valence-electron chi connectivity index (χ1n) is 9.20. The van der Waals surface area contributed by atoms with Crippen molar-refractivity contribution in [2.24, 2.45) is 0 Å². The SMILES string of the molecule is CCN(c1ccc(C(=O)O)cc1)c1cc(C(C)(C)C)cc(C(C)(C)C)c1. The Bertz CT molecular complexity index is 745. The van der Waals surface area contributed by atoms with Crippen LogP contribution in [0, 0.1) is 0 Å². The number of carboxylic acids is 1. The van der Waals surface area contributed by atoms with Crippen LogP contribution in [0.25, 0.3) is 0 Å². The molecule has 0 unspecified atom stereocenters. The first-order valence-corrected chi connectivity index (χ1v) is 9.20. The Hall–Kier alpha value is -2.29. The van der Waals surface area contributed by atoms with Crippen LogP contribution in [0.5, 0.6) is 0 Å². The summed E-state index contributed by atoms with van der Waals surface area (Å²) in [5, 5.41) is 9.13. The van der Waals surface area contributed by atoms with Crippen LogP contribution in [0.15, 0.2) is 42.5 Å². The molecular weight excluding hydrogens is 322 g/mol. The normalized spacial score (nSPS) is 12.1. The maximum Gasteiger partial charge on any atom is 0.335 e. The Morgan fingerprint density at radius 2 is 1.31 bits per heavy atom. The highest BCUT2D eigenvalue weighted by molar-refractivity contribution is 5.88. The zero-order valence-electron chi connectivity index (χ0n) is 17.1. The average Bonchev–Trinajstić information content (AvgIpc) is 2.54. The van der Waals surface area contributed by atoms with Gasteiger partial charge >= 0.3 is 5.97 Å². The number of aromatic carboxylic acids is 1. The largest absolute Gasteiger partial charge is 0.478 e. The van der Waals surface area contributed by atoms with E-state index in [0.717, 1.165) is 17.9 Å². The van der Waals surface area contributed by atoms with Crippen LogP contribution in [0.3, 0.4) is 0 Å². The minimum Gasteiger partial charge on any atom is -0.478 e. The summed E-state index contributed by atoms with van der Waals surface area (Å²) in [6, 6.07) is 13.9. The number of carboxylic acid groups (broad SMARTS) is 1. The van der Waals surface area contributed by atoms with Gasteiger partial charge in [0.15, 0.2) is 0 Å². The highest BCUT2D eigenvalue weighted by atomic mass is 16.4. The molecule has 3 heteroatoms. The van der Waals surface area contributed by atoms with E-state index in [1.54, 1.807) is 12.1 Å². The summed E-state index contributed by atoms with van der Waals surface area (Å²) < 4.78 is 0. The molecule has 2 aromatic rings. The van der Waals surface area contributed by atoms with E-state index in [-0.39, 0.29) is 10.8 Å². The smallest absolute Gasteiger partial charge is 0.335 e. The van der Waals surface area contributed by atoms with E-state index in [1.807, 2.05) is 12.1 Å². The Balaban J connectivity index is 2.57. The molecule has 0 saturated carbocycles. The summed E-state index contributed by atoms with van der Waals surface area (Å²) in [5.74, 6) is -0.899. The molecule has 0 heterocycles. The first-order chi connectivity index (χ1) is 11.9. The summed E-state index contributed by atoms with van der Waals surface area (Å²) in [7, 11) is 0. The van der Waals surface area contributed by atoms with Crippen LogP contribution in [0.1, 0.15) is 70.0 Å². The number of nitrogens with zero attached hydrogens (tertiary/aromatic N) is 1. The van der Waals surface area contributed by atoms with Gasteiger partial charge in [0.1, 0.15) is 0 Å². The zero-order chi connectivity index (χ0) is 19.7. The van der Waals surface area contributed by atoms with E-state index in [2.05, 4.69) is 71.6 Å². The molecule has 2 rings (SSSR count). The molecular formula is C23H31NO2. The summed E-state index contributed by atoms with van der Waals surface area (Å²) in [4.78, 5) is 13.4. The number of anilines is 2. The molecule has 26 heavy (non-hydrogen) atoms. The molecule has 0 amide bonds. The Morgan fingerprint density at radius 3 is 1.65 bits per heavy atom. The highest BCUT2D eigenvalue weighted by Gasteiger charge is 2.22. The highest BCUT2D eigenvalue weighted by Crippen LogP contribution is 2.35. The lowest BCUT2D eigenvalue weighted by Gasteiger charge is -2.30. The second-order valence-electron chi connectivity index (χ2n) is 8.86. The number of hydrogen-bond acceptors (Lipinski definition) is 2. The van der Waals surface area contributed by atoms with Crippen LogP contribution >= 0.6 is 0 Å². The predicted octanol–water partition coefficient (Wildman–Crippen LogP) is 6.14. The van der Waals surface area contributed by atoms with Crippen molar-refractivity contribution in [2.45, 2.75) is 59.3 Å². The van der Waals surface area contributed by atoms with E-state index in [1.165, 1.54) is 11.1 Å². The van der Waals surface area contributed by atoms with Crippen molar-refractivity contribution in [1.29, 1.82) is 0 Å². The number of rotatable bonds is 4. The van der Waals surface area contributed by atoms with Gasteiger partial charge in [-0.1, -0.05) is 47.6 Å². The van der Waals surface area contributed by atoms with Gasteiger partial charge in [0.25, 0.3) is 0 Å². The summed E-state index contributed by atoms with van der Waals surface area (Å²) >= 11 is 0. The lowest BCUT2D eigenvalue weighted by Crippen LogP contribution is -2.21. The molecule has 0 atom stereocenters. The molecule has 0 aromatic heterocycles. The Kier molecular flexibility index (Phi) is 5.50.